The molecule has 8 nitrogen and oxygen atoms in total. The lowest BCUT2D eigenvalue weighted by molar-refractivity contribution is -0.119. The lowest BCUT2D eigenvalue weighted by Crippen LogP contribution is -2.15. The van der Waals surface area contributed by atoms with Gasteiger partial charge in [0.05, 0.1) is 12.1 Å². The lowest BCUT2D eigenvalue weighted by Gasteiger charge is -2.14. The number of aromatic nitrogens is 3. The van der Waals surface area contributed by atoms with Crippen LogP contribution in [0.2, 0.25) is 0 Å². The Bertz CT molecular complexity index is 1150. The summed E-state index contributed by atoms with van der Waals surface area (Å²) < 4.78 is 6.98. The summed E-state index contributed by atoms with van der Waals surface area (Å²) in [5.74, 6) is 0.131. The predicted molar refractivity (Wildman–Crippen MR) is 128 cm³/mol. The van der Waals surface area contributed by atoms with Gasteiger partial charge in [0.1, 0.15) is 28.6 Å². The van der Waals surface area contributed by atoms with E-state index in [-0.39, 0.29) is 41.0 Å². The number of Topliss-reactive ketones (excluding diaryl/α,β-unsaturated/α-hetero) is 1. The number of nitrogens with zero attached hydrogens (tertiary/aromatic N) is 3. The highest BCUT2D eigenvalue weighted by Gasteiger charge is 2.24. The van der Waals surface area contributed by atoms with E-state index in [4.69, 9.17) is 16.0 Å². The maximum Gasteiger partial charge on any atom is 0.254 e. The number of nitrogens with two attached hydrogens (primary N) is 2. The molecule has 176 valence electrons. The molecule has 0 aliphatic carbocycles. The van der Waals surface area contributed by atoms with Crippen LogP contribution < -0.4 is 11.5 Å². The van der Waals surface area contributed by atoms with Crippen molar-refractivity contribution in [1.82, 2.24) is 14.9 Å². The number of hydrogen-bond donors (Lipinski definition) is 2. The van der Waals surface area contributed by atoms with Crippen LogP contribution in [0.15, 0.2) is 34.9 Å². The van der Waals surface area contributed by atoms with Crippen LogP contribution in [0.5, 0.6) is 0 Å². The number of hydrogen-bond acceptors (Lipinski definition) is 6. The van der Waals surface area contributed by atoms with Crippen LogP contribution in [0.25, 0.3) is 11.3 Å². The van der Waals surface area contributed by atoms with E-state index in [1.807, 2.05) is 51.1 Å². The summed E-state index contributed by atoms with van der Waals surface area (Å²) in [5.41, 5.74) is 14.6. The van der Waals surface area contributed by atoms with Gasteiger partial charge < -0.3 is 16.0 Å². The van der Waals surface area contributed by atoms with Crippen molar-refractivity contribution in [2.45, 2.75) is 66.3 Å². The molecule has 33 heavy (non-hydrogen) atoms. The Morgan fingerprint density at radius 2 is 1.76 bits per heavy atom. The number of primary amides is 1. The fourth-order valence-electron chi connectivity index (χ4n) is 3.78. The second-order valence-electron chi connectivity index (χ2n) is 10.0. The second-order valence-corrected chi connectivity index (χ2v) is 10.0. The van der Waals surface area contributed by atoms with Crippen molar-refractivity contribution < 1.29 is 14.1 Å². The fraction of sp³-hybridized carbons (Fsp3) is 0.440. The van der Waals surface area contributed by atoms with Gasteiger partial charge in [-0.25, -0.2) is 4.68 Å². The van der Waals surface area contributed by atoms with Gasteiger partial charge in [0, 0.05) is 30.0 Å². The Morgan fingerprint density at radius 3 is 2.30 bits per heavy atom. The van der Waals surface area contributed by atoms with Gasteiger partial charge >= 0.3 is 0 Å². The molecule has 8 heteroatoms. The first kappa shape index (κ1) is 24.2. The number of anilines is 1. The molecule has 3 aromatic rings. The van der Waals surface area contributed by atoms with Gasteiger partial charge in [0.25, 0.3) is 5.91 Å². The third-order valence-electron chi connectivity index (χ3n) is 5.52. The number of rotatable bonds is 8. The van der Waals surface area contributed by atoms with E-state index in [0.717, 1.165) is 17.7 Å². The number of carbonyl (C=O) groups is 2. The van der Waals surface area contributed by atoms with Crippen LogP contribution in [-0.4, -0.2) is 26.6 Å². The number of amides is 1. The van der Waals surface area contributed by atoms with Gasteiger partial charge in [-0.05, 0) is 24.8 Å². The largest absolute Gasteiger partial charge is 0.383 e. The maximum atomic E-state index is 12.9. The minimum atomic E-state index is -0.625. The van der Waals surface area contributed by atoms with E-state index in [0.29, 0.717) is 17.0 Å². The standard InChI is InChI=1S/C25H33N5O3/c1-14(2)30-23(26)21(24(27)32)22(28-30)17-9-7-16(8-10-17)15(3)20(31)12-18-11-19(33-29-18)13-25(4,5)6/h7-11,14-15H,12-13,26H2,1-6H3,(H2,27,32). The highest BCUT2D eigenvalue weighted by molar-refractivity contribution is 6.03. The monoisotopic (exact) mass is 451 g/mol. The van der Waals surface area contributed by atoms with Crippen molar-refractivity contribution >= 4 is 17.5 Å². The summed E-state index contributed by atoms with van der Waals surface area (Å²) in [4.78, 5) is 24.9. The van der Waals surface area contributed by atoms with Crippen molar-refractivity contribution in [2.75, 3.05) is 5.73 Å². The zero-order chi connectivity index (χ0) is 24.5. The summed E-state index contributed by atoms with van der Waals surface area (Å²) in [7, 11) is 0. The molecule has 0 spiro atoms. The van der Waals surface area contributed by atoms with Gasteiger partial charge in [-0.1, -0.05) is 57.1 Å². The molecule has 2 heterocycles. The topological polar surface area (TPSA) is 130 Å². The highest BCUT2D eigenvalue weighted by Crippen LogP contribution is 2.30. The number of nitrogen functional groups attached to an aromatic ring is 1. The SMILES string of the molecule is CC(C(=O)Cc1cc(CC(C)(C)C)on1)c1ccc(-c2nn(C(C)C)c(N)c2C(N)=O)cc1. The molecule has 3 rings (SSSR count). The molecule has 0 aliphatic rings. The van der Waals surface area contributed by atoms with Crippen LogP contribution in [0.3, 0.4) is 0 Å². The molecule has 0 bridgehead atoms. The molecular formula is C25H33N5O3. The van der Waals surface area contributed by atoms with Crippen molar-refractivity contribution in [1.29, 1.82) is 0 Å². The molecule has 1 unspecified atom stereocenters. The van der Waals surface area contributed by atoms with Crippen molar-refractivity contribution in [3.05, 3.63) is 52.9 Å². The first-order chi connectivity index (χ1) is 15.4. The Balaban J connectivity index is 1.77. The Kier molecular flexibility index (Phi) is 6.76. The van der Waals surface area contributed by atoms with Crippen LogP contribution in [0, 0.1) is 5.41 Å². The summed E-state index contributed by atoms with van der Waals surface area (Å²) in [6.45, 7) is 12.1. The Hall–Kier alpha value is -3.42. The summed E-state index contributed by atoms with van der Waals surface area (Å²) >= 11 is 0. The fourth-order valence-corrected chi connectivity index (χ4v) is 3.78. The third-order valence-corrected chi connectivity index (χ3v) is 5.52. The van der Waals surface area contributed by atoms with Crippen molar-refractivity contribution in [3.8, 4) is 11.3 Å². The maximum absolute atomic E-state index is 12.9. The summed E-state index contributed by atoms with van der Waals surface area (Å²) in [5, 5.41) is 8.56. The molecular weight excluding hydrogens is 418 g/mol. The van der Waals surface area contributed by atoms with Crippen LogP contribution in [-0.2, 0) is 17.6 Å². The Morgan fingerprint density at radius 1 is 1.12 bits per heavy atom. The minimum Gasteiger partial charge on any atom is -0.383 e. The van der Waals surface area contributed by atoms with Crippen molar-refractivity contribution in [2.24, 2.45) is 11.1 Å². The summed E-state index contributed by atoms with van der Waals surface area (Å²) in [6.07, 6.45) is 0.966. The van der Waals surface area contributed by atoms with E-state index in [9.17, 15) is 9.59 Å². The molecule has 0 radical (unpaired) electrons. The van der Waals surface area contributed by atoms with Gasteiger partial charge in [-0.3, -0.25) is 9.59 Å². The van der Waals surface area contributed by atoms with Crippen molar-refractivity contribution in [3.63, 3.8) is 0 Å². The summed E-state index contributed by atoms with van der Waals surface area (Å²) in [6, 6.07) is 9.22. The molecule has 0 saturated carbocycles. The molecule has 1 aromatic carbocycles. The third kappa shape index (κ3) is 5.50. The molecule has 0 fully saturated rings. The minimum absolute atomic E-state index is 0.0192. The number of carbonyl (C=O) groups excluding carboxylic acids is 2. The number of ketones is 1. The van der Waals surface area contributed by atoms with E-state index in [1.165, 1.54) is 0 Å². The van der Waals surface area contributed by atoms with Gasteiger partial charge in [-0.2, -0.15) is 5.10 Å². The highest BCUT2D eigenvalue weighted by atomic mass is 16.5. The first-order valence-electron chi connectivity index (χ1n) is 11.1. The molecule has 0 aliphatic heterocycles. The Labute approximate surface area is 194 Å². The van der Waals surface area contributed by atoms with Gasteiger partial charge in [0.15, 0.2) is 0 Å². The zero-order valence-corrected chi connectivity index (χ0v) is 20.2. The van der Waals surface area contributed by atoms with Gasteiger partial charge in [-0.15, -0.1) is 0 Å². The molecule has 1 amide bonds. The van der Waals surface area contributed by atoms with E-state index in [2.05, 4.69) is 31.0 Å². The van der Waals surface area contributed by atoms with Crippen LogP contribution >= 0.6 is 0 Å². The van der Waals surface area contributed by atoms with E-state index in [1.54, 1.807) is 4.68 Å². The van der Waals surface area contributed by atoms with E-state index >= 15 is 0 Å². The van der Waals surface area contributed by atoms with Crippen LogP contribution in [0.4, 0.5) is 5.82 Å². The quantitative estimate of drug-likeness (QED) is 0.525. The van der Waals surface area contributed by atoms with Crippen LogP contribution in [0.1, 0.15) is 80.9 Å². The number of benzene rings is 1. The van der Waals surface area contributed by atoms with Gasteiger partial charge in [0.2, 0.25) is 0 Å². The normalized spacial score (nSPS) is 12.8. The molecule has 2 aromatic heterocycles. The van der Waals surface area contributed by atoms with E-state index < -0.39 is 5.91 Å². The zero-order valence-electron chi connectivity index (χ0n) is 20.2. The molecule has 0 saturated heterocycles. The molecule has 1 atom stereocenters. The second kappa shape index (κ2) is 9.21. The average Bonchev–Trinajstić information content (AvgIpc) is 3.29. The lowest BCUT2D eigenvalue weighted by atomic mass is 9.90. The first-order valence-corrected chi connectivity index (χ1v) is 11.1. The predicted octanol–water partition coefficient (Wildman–Crippen LogP) is 4.30. The average molecular weight is 452 g/mol. The molecule has 4 N–H and O–H groups in total. The smallest absolute Gasteiger partial charge is 0.254 e.